The lowest BCUT2D eigenvalue weighted by molar-refractivity contribution is -0.197. The van der Waals surface area contributed by atoms with Crippen molar-refractivity contribution in [1.82, 2.24) is 30.8 Å². The van der Waals surface area contributed by atoms with E-state index in [1.165, 1.54) is 0 Å². The number of hydroxylamine groups is 2. The number of rotatable bonds is 28. The van der Waals surface area contributed by atoms with Gasteiger partial charge < -0.3 is 31.4 Å². The Morgan fingerprint density at radius 1 is 0.750 bits per heavy atom. The lowest BCUT2D eigenvalue weighted by Crippen LogP contribution is -2.51. The molecule has 0 saturated carbocycles. The smallest absolute Gasteiger partial charge is 0.333 e. The van der Waals surface area contributed by atoms with E-state index in [2.05, 4.69) is 20.9 Å². The summed E-state index contributed by atoms with van der Waals surface area (Å²) < 4.78 is 0. The molecule has 2 aromatic rings. The van der Waals surface area contributed by atoms with E-state index in [-0.39, 0.29) is 95.0 Å². The Morgan fingerprint density at radius 2 is 1.34 bits per heavy atom. The van der Waals surface area contributed by atoms with Gasteiger partial charge in [-0.25, -0.2) is 4.79 Å². The summed E-state index contributed by atoms with van der Waals surface area (Å²) in [7, 11) is 1.97. The highest BCUT2D eigenvalue weighted by Gasteiger charge is 2.59. The second-order valence-corrected chi connectivity index (χ2v) is 18.6. The fourth-order valence-electron chi connectivity index (χ4n) is 8.69. The minimum atomic E-state index is -1.67. The van der Waals surface area contributed by atoms with Gasteiger partial charge in [-0.2, -0.15) is 0 Å². The summed E-state index contributed by atoms with van der Waals surface area (Å²) in [6, 6.07) is 15.0. The zero-order valence-corrected chi connectivity index (χ0v) is 40.4. The number of amides is 8. The number of nitrogens with two attached hydrogens (primary N) is 1. The van der Waals surface area contributed by atoms with Crippen LogP contribution in [0, 0.1) is 28.6 Å². The van der Waals surface area contributed by atoms with Gasteiger partial charge >= 0.3 is 5.97 Å². The van der Waals surface area contributed by atoms with Gasteiger partial charge in [0.1, 0.15) is 0 Å². The van der Waals surface area contributed by atoms with Gasteiger partial charge in [-0.3, -0.25) is 48.1 Å². The average Bonchev–Trinajstić information content (AvgIpc) is 3.76. The molecule has 4 atom stereocenters. The molecule has 2 heterocycles. The van der Waals surface area contributed by atoms with Gasteiger partial charge in [0.2, 0.25) is 29.5 Å². The number of ketones is 1. The van der Waals surface area contributed by atoms with Gasteiger partial charge in [-0.05, 0) is 84.1 Å². The fraction of sp³-hybridized carbons (Fsp3) is 0.560. The van der Waals surface area contributed by atoms with Crippen molar-refractivity contribution in [3.8, 4) is 0 Å². The predicted molar refractivity (Wildman–Crippen MR) is 251 cm³/mol. The van der Waals surface area contributed by atoms with Gasteiger partial charge in [-0.1, -0.05) is 76.6 Å². The van der Waals surface area contributed by atoms with Gasteiger partial charge in [0, 0.05) is 73.5 Å². The lowest BCUT2D eigenvalue weighted by atomic mass is 9.63. The van der Waals surface area contributed by atoms with Crippen molar-refractivity contribution in [3.05, 3.63) is 71.3 Å². The molecule has 68 heavy (non-hydrogen) atoms. The number of likely N-dealkylation sites (tertiary alicyclic amines) is 1. The molecule has 2 fully saturated rings. The third-order valence-corrected chi connectivity index (χ3v) is 13.0. The van der Waals surface area contributed by atoms with Crippen LogP contribution in [0.1, 0.15) is 132 Å². The minimum Gasteiger partial charge on any atom is -0.369 e. The molecule has 18 nitrogen and oxygen atoms in total. The molecule has 18 heteroatoms. The number of hydrogen-bond acceptors (Lipinski definition) is 12. The highest BCUT2D eigenvalue weighted by atomic mass is 16.7. The first-order chi connectivity index (χ1) is 32.2. The van der Waals surface area contributed by atoms with E-state index in [0.29, 0.717) is 41.1 Å². The standard InChI is InChI=1S/C50H69N7O11/c1-7-33(43(51)62)31-50(5,48(67)54-27-15-26-52-44(63)36-22-20-35(21-23-36)42(61)34-17-11-9-12-18-34)41-37(32-49(3,4)47(66)53-28-16-29-55(6)8-2)45(64)56(46(41)65)30-14-10-13-19-40(60)68-57-38(58)24-25-39(57)59/h9,11-12,17-18,20-23,33,37,41H,7-8,10,13-16,19,24-32H2,1-6H3,(H2,51,62)(H,52,63)(H,53,66)(H,54,67). The van der Waals surface area contributed by atoms with Crippen molar-refractivity contribution >= 4 is 59.0 Å². The fourth-order valence-corrected chi connectivity index (χ4v) is 8.69. The first-order valence-electron chi connectivity index (χ1n) is 23.7. The van der Waals surface area contributed by atoms with Crippen molar-refractivity contribution in [1.29, 1.82) is 0 Å². The van der Waals surface area contributed by atoms with E-state index in [9.17, 15) is 47.9 Å². The Labute approximate surface area is 398 Å². The number of imide groups is 2. The van der Waals surface area contributed by atoms with Gasteiger partial charge in [0.05, 0.1) is 17.3 Å². The topological polar surface area (TPSA) is 252 Å². The van der Waals surface area contributed by atoms with E-state index in [1.54, 1.807) is 76.2 Å². The molecule has 2 aliphatic rings. The molecular weight excluding hydrogens is 875 g/mol. The van der Waals surface area contributed by atoms with Crippen LogP contribution in [0.2, 0.25) is 0 Å². The summed E-state index contributed by atoms with van der Waals surface area (Å²) in [6.07, 6.45) is 1.64. The normalized spacial score (nSPS) is 17.5. The molecule has 5 N–H and O–H groups in total. The Morgan fingerprint density at radius 3 is 1.96 bits per heavy atom. The second-order valence-electron chi connectivity index (χ2n) is 18.6. The Kier molecular flexibility index (Phi) is 20.1. The maximum absolute atomic E-state index is 14.7. The van der Waals surface area contributed by atoms with Crippen LogP contribution in [0.5, 0.6) is 0 Å². The van der Waals surface area contributed by atoms with Crippen LogP contribution in [0.3, 0.4) is 0 Å². The molecule has 4 unspecified atom stereocenters. The number of primary amides is 1. The predicted octanol–water partition coefficient (Wildman–Crippen LogP) is 3.70. The first-order valence-corrected chi connectivity index (χ1v) is 23.7. The summed E-state index contributed by atoms with van der Waals surface area (Å²) in [6.45, 7) is 10.8. The summed E-state index contributed by atoms with van der Waals surface area (Å²) in [4.78, 5) is 140. The maximum atomic E-state index is 14.7. The summed E-state index contributed by atoms with van der Waals surface area (Å²) in [5, 5.41) is 9.14. The SMILES string of the molecule is CCC(CC(C)(C(=O)NCCCNC(=O)c1ccc(C(=O)c2ccccc2)cc1)C1C(=O)N(CCCCCC(=O)ON2C(=O)CCC2=O)C(=O)C1CC(C)(C)C(=O)NCCCN(C)CC)C(N)=O. The quantitative estimate of drug-likeness (QED) is 0.0542. The van der Waals surface area contributed by atoms with Crippen LogP contribution in [-0.2, 0) is 43.2 Å². The number of hydrogen-bond donors (Lipinski definition) is 4. The molecule has 0 spiro atoms. The molecule has 2 saturated heterocycles. The highest BCUT2D eigenvalue weighted by Crippen LogP contribution is 2.48. The van der Waals surface area contributed by atoms with Gasteiger partial charge in [0.15, 0.2) is 5.78 Å². The zero-order chi connectivity index (χ0) is 50.2. The van der Waals surface area contributed by atoms with Crippen LogP contribution in [0.25, 0.3) is 0 Å². The van der Waals surface area contributed by atoms with Crippen molar-refractivity contribution in [3.63, 3.8) is 0 Å². The van der Waals surface area contributed by atoms with Crippen molar-refractivity contribution < 1.29 is 52.8 Å². The monoisotopic (exact) mass is 944 g/mol. The average molecular weight is 944 g/mol. The number of nitrogens with one attached hydrogen (secondary N) is 3. The van der Waals surface area contributed by atoms with Crippen LogP contribution in [-0.4, -0.2) is 120 Å². The van der Waals surface area contributed by atoms with Crippen LogP contribution in [0.4, 0.5) is 0 Å². The van der Waals surface area contributed by atoms with Crippen LogP contribution in [0.15, 0.2) is 54.6 Å². The minimum absolute atomic E-state index is 0.0364. The number of carbonyl (C=O) groups is 10. The molecule has 2 aliphatic heterocycles. The molecule has 0 aliphatic carbocycles. The van der Waals surface area contributed by atoms with E-state index >= 15 is 0 Å². The highest BCUT2D eigenvalue weighted by molar-refractivity contribution is 6.10. The third-order valence-electron chi connectivity index (χ3n) is 13.0. The van der Waals surface area contributed by atoms with Crippen LogP contribution < -0.4 is 21.7 Å². The van der Waals surface area contributed by atoms with Crippen molar-refractivity contribution in [2.45, 2.75) is 105 Å². The summed E-state index contributed by atoms with van der Waals surface area (Å²) in [5.74, 6) is -8.62. The molecule has 370 valence electrons. The number of unbranched alkanes of at least 4 members (excludes halogenated alkanes) is 2. The molecule has 2 aromatic carbocycles. The Hall–Kier alpha value is -6.30. The second kappa shape index (κ2) is 25.2. The molecule has 8 amide bonds. The van der Waals surface area contributed by atoms with Gasteiger partial charge in [-0.15, -0.1) is 5.06 Å². The Balaban J connectivity index is 1.48. The largest absolute Gasteiger partial charge is 0.369 e. The van der Waals surface area contributed by atoms with E-state index in [4.69, 9.17) is 10.6 Å². The lowest BCUT2D eigenvalue weighted by Gasteiger charge is -2.38. The first kappa shape index (κ1) is 54.3. The number of benzene rings is 2. The van der Waals surface area contributed by atoms with Crippen molar-refractivity contribution in [2.24, 2.45) is 34.3 Å². The molecule has 0 radical (unpaired) electrons. The Bertz CT molecular complexity index is 2150. The molecule has 0 bridgehead atoms. The van der Waals surface area contributed by atoms with E-state index < -0.39 is 70.0 Å². The zero-order valence-electron chi connectivity index (χ0n) is 40.4. The van der Waals surface area contributed by atoms with Gasteiger partial charge in [0.25, 0.3) is 17.7 Å². The summed E-state index contributed by atoms with van der Waals surface area (Å²) in [5.41, 5.74) is 4.27. The molecular formula is C50H69N7O11. The van der Waals surface area contributed by atoms with Crippen LogP contribution >= 0.6 is 0 Å². The van der Waals surface area contributed by atoms with E-state index in [1.807, 2.05) is 20.0 Å². The summed E-state index contributed by atoms with van der Waals surface area (Å²) >= 11 is 0. The van der Waals surface area contributed by atoms with Crippen molar-refractivity contribution in [2.75, 3.05) is 46.3 Å². The number of nitrogens with zero attached hydrogens (tertiary/aromatic N) is 3. The van der Waals surface area contributed by atoms with E-state index in [0.717, 1.165) is 18.0 Å². The number of carbonyl (C=O) groups excluding carboxylic acids is 10. The molecule has 4 rings (SSSR count). The maximum Gasteiger partial charge on any atom is 0.333 e. The third kappa shape index (κ3) is 14.4. The molecule has 0 aromatic heterocycles.